The standard InChI is InChI=1S/C10H21N2O/c1-2-3-9-12-10(13)7-5-4-6-8-11/h1-9,11H2,(H,12,13). The van der Waals surface area contributed by atoms with Crippen LogP contribution in [-0.2, 0) is 4.79 Å². The number of hydrogen-bond acceptors (Lipinski definition) is 2. The van der Waals surface area contributed by atoms with E-state index >= 15 is 0 Å². The molecule has 3 nitrogen and oxygen atoms in total. The van der Waals surface area contributed by atoms with Crippen LogP contribution >= 0.6 is 0 Å². The highest BCUT2D eigenvalue weighted by molar-refractivity contribution is 5.75. The third-order valence-electron chi connectivity index (χ3n) is 1.86. The maximum absolute atomic E-state index is 11.1. The predicted molar refractivity (Wildman–Crippen MR) is 55.1 cm³/mol. The molecule has 1 amide bonds. The number of carbonyl (C=O) groups is 1. The lowest BCUT2D eigenvalue weighted by molar-refractivity contribution is -0.121. The molecule has 13 heavy (non-hydrogen) atoms. The largest absolute Gasteiger partial charge is 0.356 e. The molecule has 0 aromatic carbocycles. The molecule has 3 heteroatoms. The molecule has 0 aliphatic heterocycles. The van der Waals surface area contributed by atoms with Gasteiger partial charge in [-0.1, -0.05) is 19.8 Å². The number of unbranched alkanes of at least 4 members (excludes halogenated alkanes) is 3. The molecule has 3 N–H and O–H groups in total. The molecule has 0 heterocycles. The first kappa shape index (κ1) is 12.4. The van der Waals surface area contributed by atoms with Crippen LogP contribution in [-0.4, -0.2) is 19.0 Å². The Morgan fingerprint density at radius 2 is 2.00 bits per heavy atom. The van der Waals surface area contributed by atoms with E-state index < -0.39 is 0 Å². The Kier molecular flexibility index (Phi) is 9.10. The Bertz CT molecular complexity index is 126. The van der Waals surface area contributed by atoms with Gasteiger partial charge < -0.3 is 11.1 Å². The molecule has 0 aromatic rings. The van der Waals surface area contributed by atoms with Crippen LogP contribution in [0.2, 0.25) is 0 Å². The fourth-order valence-electron chi connectivity index (χ4n) is 1.05. The van der Waals surface area contributed by atoms with Crippen molar-refractivity contribution in [3.63, 3.8) is 0 Å². The smallest absolute Gasteiger partial charge is 0.219 e. The van der Waals surface area contributed by atoms with Crippen LogP contribution in [0.25, 0.3) is 0 Å². The molecule has 1 radical (unpaired) electrons. The Labute approximate surface area is 81.1 Å². The van der Waals surface area contributed by atoms with Crippen LogP contribution in [0.3, 0.4) is 0 Å². The van der Waals surface area contributed by atoms with Gasteiger partial charge in [0.15, 0.2) is 0 Å². The van der Waals surface area contributed by atoms with Crippen LogP contribution in [0.4, 0.5) is 0 Å². The first-order chi connectivity index (χ1) is 6.31. The SMILES string of the molecule is [CH2]CCCNC(=O)CCCCCN. The van der Waals surface area contributed by atoms with Crippen molar-refractivity contribution in [3.05, 3.63) is 6.92 Å². The Hall–Kier alpha value is -0.570. The van der Waals surface area contributed by atoms with Crippen LogP contribution in [0.15, 0.2) is 0 Å². The highest BCUT2D eigenvalue weighted by Crippen LogP contribution is 1.98. The molecule has 0 fully saturated rings. The molecule has 77 valence electrons. The fourth-order valence-corrected chi connectivity index (χ4v) is 1.05. The van der Waals surface area contributed by atoms with Gasteiger partial charge in [-0.05, 0) is 25.8 Å². The molecule has 0 bridgehead atoms. The first-order valence-corrected chi connectivity index (χ1v) is 5.07. The number of carbonyl (C=O) groups excluding carboxylic acids is 1. The van der Waals surface area contributed by atoms with Gasteiger partial charge in [0.25, 0.3) is 0 Å². The average molecular weight is 185 g/mol. The van der Waals surface area contributed by atoms with Gasteiger partial charge >= 0.3 is 0 Å². The third kappa shape index (κ3) is 9.34. The minimum absolute atomic E-state index is 0.158. The Morgan fingerprint density at radius 1 is 1.23 bits per heavy atom. The number of amides is 1. The average Bonchev–Trinajstić information content (AvgIpc) is 2.13. The number of rotatable bonds is 8. The maximum atomic E-state index is 11.1. The second kappa shape index (κ2) is 9.52. The fraction of sp³-hybridized carbons (Fsp3) is 0.800. The minimum atomic E-state index is 0.158. The summed E-state index contributed by atoms with van der Waals surface area (Å²) >= 11 is 0. The monoisotopic (exact) mass is 185 g/mol. The molecule has 0 saturated heterocycles. The molecule has 0 saturated carbocycles. The minimum Gasteiger partial charge on any atom is -0.356 e. The van der Waals surface area contributed by atoms with E-state index in [9.17, 15) is 4.79 Å². The van der Waals surface area contributed by atoms with E-state index in [0.717, 1.165) is 45.2 Å². The molecule has 0 spiro atoms. The molecule has 0 aliphatic carbocycles. The lowest BCUT2D eigenvalue weighted by Crippen LogP contribution is -2.23. The topological polar surface area (TPSA) is 55.1 Å². The van der Waals surface area contributed by atoms with Gasteiger partial charge in [0.1, 0.15) is 0 Å². The molecule has 0 atom stereocenters. The van der Waals surface area contributed by atoms with Crippen LogP contribution < -0.4 is 11.1 Å². The van der Waals surface area contributed by atoms with E-state index in [1.807, 2.05) is 0 Å². The van der Waals surface area contributed by atoms with Crippen molar-refractivity contribution in [2.75, 3.05) is 13.1 Å². The summed E-state index contributed by atoms with van der Waals surface area (Å²) in [6, 6.07) is 0. The Morgan fingerprint density at radius 3 is 2.62 bits per heavy atom. The van der Waals surface area contributed by atoms with Crippen LogP contribution in [0, 0.1) is 6.92 Å². The molecule has 0 rings (SSSR count). The van der Waals surface area contributed by atoms with E-state index in [2.05, 4.69) is 12.2 Å². The van der Waals surface area contributed by atoms with E-state index in [-0.39, 0.29) is 5.91 Å². The lowest BCUT2D eigenvalue weighted by atomic mass is 10.2. The molecular formula is C10H21N2O. The molecular weight excluding hydrogens is 164 g/mol. The summed E-state index contributed by atoms with van der Waals surface area (Å²) in [6.07, 6.45) is 5.51. The van der Waals surface area contributed by atoms with Gasteiger partial charge in [-0.15, -0.1) is 0 Å². The van der Waals surface area contributed by atoms with Crippen molar-refractivity contribution in [3.8, 4) is 0 Å². The second-order valence-corrected chi connectivity index (χ2v) is 3.16. The summed E-state index contributed by atoms with van der Waals surface area (Å²) < 4.78 is 0. The first-order valence-electron chi connectivity index (χ1n) is 5.07. The van der Waals surface area contributed by atoms with Crippen molar-refractivity contribution in [1.82, 2.24) is 5.32 Å². The van der Waals surface area contributed by atoms with Crippen molar-refractivity contribution >= 4 is 5.91 Å². The summed E-state index contributed by atoms with van der Waals surface area (Å²) in [7, 11) is 0. The third-order valence-corrected chi connectivity index (χ3v) is 1.86. The number of nitrogens with two attached hydrogens (primary N) is 1. The predicted octanol–water partition coefficient (Wildman–Crippen LogP) is 1.24. The van der Waals surface area contributed by atoms with Gasteiger partial charge in [-0.25, -0.2) is 0 Å². The van der Waals surface area contributed by atoms with Crippen molar-refractivity contribution in [2.45, 2.75) is 38.5 Å². The zero-order chi connectivity index (χ0) is 9.94. The van der Waals surface area contributed by atoms with E-state index in [1.165, 1.54) is 0 Å². The number of nitrogens with one attached hydrogen (secondary N) is 1. The zero-order valence-electron chi connectivity index (χ0n) is 8.35. The molecule has 0 aromatic heterocycles. The number of hydrogen-bond donors (Lipinski definition) is 2. The van der Waals surface area contributed by atoms with E-state index in [1.54, 1.807) is 0 Å². The van der Waals surface area contributed by atoms with E-state index in [4.69, 9.17) is 5.73 Å². The lowest BCUT2D eigenvalue weighted by Gasteiger charge is -2.03. The van der Waals surface area contributed by atoms with Gasteiger partial charge in [0.05, 0.1) is 0 Å². The highest BCUT2D eigenvalue weighted by atomic mass is 16.1. The van der Waals surface area contributed by atoms with Crippen molar-refractivity contribution in [1.29, 1.82) is 0 Å². The molecule has 0 aliphatic rings. The van der Waals surface area contributed by atoms with Crippen LogP contribution in [0.5, 0.6) is 0 Å². The Balaban J connectivity index is 3.11. The van der Waals surface area contributed by atoms with Crippen molar-refractivity contribution < 1.29 is 4.79 Å². The van der Waals surface area contributed by atoms with Gasteiger partial charge in [-0.3, -0.25) is 4.79 Å². The summed E-state index contributed by atoms with van der Waals surface area (Å²) in [4.78, 5) is 11.1. The highest BCUT2D eigenvalue weighted by Gasteiger charge is 1.98. The van der Waals surface area contributed by atoms with E-state index in [0.29, 0.717) is 6.42 Å². The normalized spacial score (nSPS) is 10.0. The summed E-state index contributed by atoms with van der Waals surface area (Å²) in [5.41, 5.74) is 5.34. The van der Waals surface area contributed by atoms with Crippen molar-refractivity contribution in [2.24, 2.45) is 5.73 Å². The summed E-state index contributed by atoms with van der Waals surface area (Å²) in [6.45, 7) is 5.19. The summed E-state index contributed by atoms with van der Waals surface area (Å²) in [5, 5.41) is 2.85. The van der Waals surface area contributed by atoms with Gasteiger partial charge in [0, 0.05) is 13.0 Å². The second-order valence-electron chi connectivity index (χ2n) is 3.16. The summed E-state index contributed by atoms with van der Waals surface area (Å²) in [5.74, 6) is 0.158. The van der Waals surface area contributed by atoms with Crippen LogP contribution in [0.1, 0.15) is 38.5 Å². The maximum Gasteiger partial charge on any atom is 0.219 e. The van der Waals surface area contributed by atoms with Gasteiger partial charge in [-0.2, -0.15) is 0 Å². The van der Waals surface area contributed by atoms with Gasteiger partial charge in [0.2, 0.25) is 5.91 Å². The molecule has 0 unspecified atom stereocenters. The zero-order valence-corrected chi connectivity index (χ0v) is 8.35. The quantitative estimate of drug-likeness (QED) is 0.559.